The topological polar surface area (TPSA) is 8.81 Å². The van der Waals surface area contributed by atoms with Crippen molar-refractivity contribution in [3.8, 4) is 0 Å². The van der Waals surface area contributed by atoms with Gasteiger partial charge in [0.15, 0.2) is 11.0 Å². The maximum atomic E-state index is 2.48. The van der Waals surface area contributed by atoms with Crippen LogP contribution in [0.1, 0.15) is 58.3 Å². The van der Waals surface area contributed by atoms with Crippen molar-refractivity contribution in [2.75, 3.05) is 0 Å². The third-order valence-corrected chi connectivity index (χ3v) is 6.96. The Bertz CT molecular complexity index is 631. The molecule has 2 nitrogen and oxygen atoms in total. The summed E-state index contributed by atoms with van der Waals surface area (Å²) in [6.07, 6.45) is 13.3. The van der Waals surface area contributed by atoms with E-state index < -0.39 is 8.07 Å². The quantitative estimate of drug-likeness (QED) is 0.296. The molecule has 0 amide bonds. The second kappa shape index (κ2) is 11.8. The van der Waals surface area contributed by atoms with Crippen LogP contribution in [0.2, 0.25) is 25.7 Å². The highest BCUT2D eigenvalue weighted by atomic mass is 35.5. The van der Waals surface area contributed by atoms with Crippen LogP contribution in [0, 0.1) is 0 Å². The second-order valence-electron chi connectivity index (χ2n) is 8.78. The monoisotopic (exact) mass is 394 g/mol. The molecule has 2 aromatic rings. The summed E-state index contributed by atoms with van der Waals surface area (Å²) in [4.78, 5) is 0. The van der Waals surface area contributed by atoms with E-state index in [4.69, 9.17) is 0 Å². The number of benzene rings is 1. The number of halogens is 1. The van der Waals surface area contributed by atoms with Crippen LogP contribution in [0.5, 0.6) is 0 Å². The van der Waals surface area contributed by atoms with E-state index in [0.717, 1.165) is 13.1 Å². The Morgan fingerprint density at radius 2 is 1.54 bits per heavy atom. The average Bonchev–Trinajstić information content (AvgIpc) is 2.91. The molecule has 0 aliphatic rings. The minimum Gasteiger partial charge on any atom is -1.00 e. The Balaban J connectivity index is 0.00000338. The van der Waals surface area contributed by atoms with Gasteiger partial charge in [0, 0.05) is 8.07 Å². The van der Waals surface area contributed by atoms with E-state index in [1.165, 1.54) is 68.4 Å². The zero-order chi connectivity index (χ0) is 18.1. The predicted octanol–water partition coefficient (Wildman–Crippen LogP) is 3.41. The fraction of sp³-hybridized carbons (Fsp3) is 0.682. The predicted molar refractivity (Wildman–Crippen MR) is 113 cm³/mol. The van der Waals surface area contributed by atoms with Gasteiger partial charge < -0.3 is 12.4 Å². The van der Waals surface area contributed by atoms with Crippen molar-refractivity contribution in [3.05, 3.63) is 30.6 Å². The molecule has 4 heteroatoms. The van der Waals surface area contributed by atoms with Gasteiger partial charge in [-0.15, -0.1) is 0 Å². The molecule has 26 heavy (non-hydrogen) atoms. The summed E-state index contributed by atoms with van der Waals surface area (Å²) in [6.45, 7) is 12.0. The van der Waals surface area contributed by atoms with Crippen LogP contribution in [0.4, 0.5) is 0 Å². The average molecular weight is 395 g/mol. The first-order valence-corrected chi connectivity index (χ1v) is 14.2. The molecular weight excluding hydrogens is 356 g/mol. The van der Waals surface area contributed by atoms with Crippen molar-refractivity contribution in [1.29, 1.82) is 0 Å². The summed E-state index contributed by atoms with van der Waals surface area (Å²) in [6, 6.07) is 10.3. The van der Waals surface area contributed by atoms with Gasteiger partial charge in [0.05, 0.1) is 13.1 Å². The van der Waals surface area contributed by atoms with E-state index in [-0.39, 0.29) is 12.4 Å². The highest BCUT2D eigenvalue weighted by Gasteiger charge is 2.17. The number of para-hydroxylation sites is 2. The number of aryl methyl sites for hydroxylation is 2. The van der Waals surface area contributed by atoms with E-state index in [9.17, 15) is 0 Å². The van der Waals surface area contributed by atoms with Crippen LogP contribution in [0.3, 0.4) is 0 Å². The lowest BCUT2D eigenvalue weighted by molar-refractivity contribution is -0.672. The Morgan fingerprint density at radius 3 is 2.23 bits per heavy atom. The molecule has 0 aliphatic heterocycles. The minimum absolute atomic E-state index is 0. The Hall–Kier alpha value is -0.803. The molecule has 0 radical (unpaired) electrons. The molecular formula is C22H39ClN2Si. The van der Waals surface area contributed by atoms with Crippen molar-refractivity contribution in [3.63, 3.8) is 0 Å². The molecule has 0 N–H and O–H groups in total. The molecule has 148 valence electrons. The summed E-state index contributed by atoms with van der Waals surface area (Å²) in [5, 5.41) is 0. The van der Waals surface area contributed by atoms with Crippen molar-refractivity contribution < 1.29 is 17.0 Å². The lowest BCUT2D eigenvalue weighted by Gasteiger charge is -2.14. The third kappa shape index (κ3) is 7.83. The summed E-state index contributed by atoms with van der Waals surface area (Å²) < 4.78 is 4.96. The molecule has 1 heterocycles. The van der Waals surface area contributed by atoms with Crippen molar-refractivity contribution in [1.82, 2.24) is 4.57 Å². The standard InChI is InChI=1S/C22H39N2Si.ClH/c1-5-6-7-8-9-10-13-17-23-20-24(18-14-19-25(2,3)4)22-16-12-11-15-21(22)23;/h11-12,15-16,20H,5-10,13-14,17-19H2,1-4H3;1H/q+1;/p-1. The van der Waals surface area contributed by atoms with Gasteiger partial charge in [-0.25, -0.2) is 9.13 Å². The van der Waals surface area contributed by atoms with E-state index in [1.807, 2.05) is 0 Å². The smallest absolute Gasteiger partial charge is 0.244 e. The molecule has 0 atom stereocenters. The van der Waals surface area contributed by atoms with Crippen LogP contribution < -0.4 is 17.0 Å². The van der Waals surface area contributed by atoms with Gasteiger partial charge in [-0.1, -0.05) is 76.8 Å². The zero-order valence-electron chi connectivity index (χ0n) is 17.4. The molecule has 0 bridgehead atoms. The van der Waals surface area contributed by atoms with E-state index in [1.54, 1.807) is 0 Å². The molecule has 0 fully saturated rings. The molecule has 0 saturated carbocycles. The fourth-order valence-corrected chi connectivity index (χ4v) is 4.84. The van der Waals surface area contributed by atoms with Crippen LogP contribution in [0.15, 0.2) is 30.6 Å². The van der Waals surface area contributed by atoms with E-state index in [0.29, 0.717) is 0 Å². The zero-order valence-corrected chi connectivity index (χ0v) is 19.2. The number of hydrogen-bond donors (Lipinski definition) is 0. The number of fused-ring (bicyclic) bond motifs is 1. The highest BCUT2D eigenvalue weighted by Crippen LogP contribution is 2.15. The summed E-state index contributed by atoms with van der Waals surface area (Å²) in [5.41, 5.74) is 2.81. The van der Waals surface area contributed by atoms with Gasteiger partial charge in [0.25, 0.3) is 0 Å². The molecule has 0 spiro atoms. The van der Waals surface area contributed by atoms with Gasteiger partial charge >= 0.3 is 0 Å². The van der Waals surface area contributed by atoms with Crippen molar-refractivity contribution in [2.24, 2.45) is 0 Å². The normalized spacial score (nSPS) is 11.7. The van der Waals surface area contributed by atoms with Crippen LogP contribution in [0.25, 0.3) is 11.0 Å². The first-order valence-electron chi connectivity index (χ1n) is 10.5. The molecule has 0 aliphatic carbocycles. The number of aromatic nitrogens is 2. The van der Waals surface area contributed by atoms with Gasteiger partial charge in [0.1, 0.15) is 0 Å². The fourth-order valence-electron chi connectivity index (χ4n) is 3.62. The molecule has 0 saturated heterocycles. The maximum Gasteiger partial charge on any atom is 0.244 e. The lowest BCUT2D eigenvalue weighted by atomic mass is 10.1. The van der Waals surface area contributed by atoms with E-state index in [2.05, 4.69) is 66.3 Å². The van der Waals surface area contributed by atoms with Crippen molar-refractivity contribution in [2.45, 2.75) is 97.1 Å². The third-order valence-electron chi connectivity index (χ3n) is 5.11. The Labute approximate surface area is 168 Å². The second-order valence-corrected chi connectivity index (χ2v) is 14.4. The van der Waals surface area contributed by atoms with Crippen LogP contribution in [-0.4, -0.2) is 12.6 Å². The molecule has 1 aromatic heterocycles. The maximum absolute atomic E-state index is 2.48. The molecule has 1 aromatic carbocycles. The molecule has 2 rings (SSSR count). The molecule has 0 unspecified atom stereocenters. The number of nitrogens with zero attached hydrogens (tertiary/aromatic N) is 2. The first kappa shape index (κ1) is 23.2. The summed E-state index contributed by atoms with van der Waals surface area (Å²) in [5.74, 6) is 0. The lowest BCUT2D eigenvalue weighted by Crippen LogP contribution is -3.00. The SMILES string of the molecule is CCCCCCCCCn1c[n+](CCC[Si](C)(C)C)c2ccccc21.[Cl-]. The Kier molecular flexibility index (Phi) is 10.6. The van der Waals surface area contributed by atoms with Gasteiger partial charge in [-0.2, -0.15) is 0 Å². The van der Waals surface area contributed by atoms with Crippen molar-refractivity contribution >= 4 is 19.1 Å². The van der Waals surface area contributed by atoms with Crippen LogP contribution in [-0.2, 0) is 13.1 Å². The van der Waals surface area contributed by atoms with Gasteiger partial charge in [-0.3, -0.25) is 0 Å². The summed E-state index contributed by atoms with van der Waals surface area (Å²) in [7, 11) is -0.932. The summed E-state index contributed by atoms with van der Waals surface area (Å²) >= 11 is 0. The highest BCUT2D eigenvalue weighted by molar-refractivity contribution is 6.76. The van der Waals surface area contributed by atoms with Gasteiger partial charge in [0.2, 0.25) is 6.33 Å². The number of imidazole rings is 1. The first-order chi connectivity index (χ1) is 12.0. The number of hydrogen-bond acceptors (Lipinski definition) is 0. The van der Waals surface area contributed by atoms with Gasteiger partial charge in [-0.05, 0) is 31.4 Å². The Morgan fingerprint density at radius 1 is 0.885 bits per heavy atom. The number of rotatable bonds is 12. The minimum atomic E-state index is -0.932. The largest absolute Gasteiger partial charge is 1.00 e. The van der Waals surface area contributed by atoms with E-state index >= 15 is 0 Å². The number of unbranched alkanes of at least 4 members (excludes halogenated alkanes) is 6. The van der Waals surface area contributed by atoms with Crippen LogP contribution >= 0.6 is 0 Å².